The Hall–Kier alpha value is -1.81. The highest BCUT2D eigenvalue weighted by Gasteiger charge is 2.22. The van der Waals surface area contributed by atoms with E-state index < -0.39 is 0 Å². The molecule has 4 nitrogen and oxygen atoms in total. The molecule has 2 heterocycles. The summed E-state index contributed by atoms with van der Waals surface area (Å²) < 4.78 is 5.70. The van der Waals surface area contributed by atoms with Crippen molar-refractivity contribution in [1.82, 2.24) is 10.2 Å². The molecule has 1 amide bonds. The van der Waals surface area contributed by atoms with Gasteiger partial charge >= 0.3 is 0 Å². The molecule has 1 aliphatic heterocycles. The fourth-order valence-electron chi connectivity index (χ4n) is 3.72. The van der Waals surface area contributed by atoms with Crippen LogP contribution in [0.2, 0.25) is 0 Å². The second-order valence-corrected chi connectivity index (χ2v) is 6.60. The van der Waals surface area contributed by atoms with E-state index in [1.807, 2.05) is 4.90 Å². The molecule has 1 saturated heterocycles. The van der Waals surface area contributed by atoms with Crippen LogP contribution in [0.4, 0.5) is 0 Å². The van der Waals surface area contributed by atoms with Crippen molar-refractivity contribution in [3.63, 3.8) is 0 Å². The van der Waals surface area contributed by atoms with Crippen molar-refractivity contribution in [3.8, 4) is 0 Å². The summed E-state index contributed by atoms with van der Waals surface area (Å²) >= 11 is 0. The van der Waals surface area contributed by atoms with E-state index >= 15 is 0 Å². The minimum atomic E-state index is 0.205. The van der Waals surface area contributed by atoms with E-state index in [2.05, 4.69) is 24.4 Å². The van der Waals surface area contributed by atoms with Gasteiger partial charge in [-0.2, -0.15) is 0 Å². The van der Waals surface area contributed by atoms with Crippen LogP contribution in [-0.2, 0) is 24.1 Å². The minimum Gasteiger partial charge on any atom is -0.464 e. The lowest BCUT2D eigenvalue weighted by Crippen LogP contribution is -2.51. The van der Waals surface area contributed by atoms with Gasteiger partial charge in [-0.05, 0) is 49.4 Å². The van der Waals surface area contributed by atoms with Crippen molar-refractivity contribution in [2.45, 2.75) is 38.6 Å². The SMILES string of the molecule is CC1CN(C(=O)Cc2coc3cc4c(cc23)CCC4)CCN1. The van der Waals surface area contributed by atoms with Crippen LogP contribution in [0.1, 0.15) is 30.0 Å². The fraction of sp³-hybridized carbons (Fsp3) is 0.500. The number of hydrogen-bond donors (Lipinski definition) is 1. The van der Waals surface area contributed by atoms with Crippen molar-refractivity contribution < 1.29 is 9.21 Å². The largest absolute Gasteiger partial charge is 0.464 e. The number of amides is 1. The third-order valence-electron chi connectivity index (χ3n) is 4.93. The maximum absolute atomic E-state index is 12.5. The molecule has 4 rings (SSSR count). The van der Waals surface area contributed by atoms with Crippen LogP contribution in [0.5, 0.6) is 0 Å². The Morgan fingerprint density at radius 2 is 2.18 bits per heavy atom. The molecule has 1 atom stereocenters. The molecular formula is C18H22N2O2. The molecule has 0 bridgehead atoms. The van der Waals surface area contributed by atoms with Gasteiger partial charge in [0.25, 0.3) is 0 Å². The highest BCUT2D eigenvalue weighted by molar-refractivity contribution is 5.88. The lowest BCUT2D eigenvalue weighted by Gasteiger charge is -2.31. The lowest BCUT2D eigenvalue weighted by atomic mass is 10.0. The van der Waals surface area contributed by atoms with Crippen LogP contribution in [0.25, 0.3) is 11.0 Å². The van der Waals surface area contributed by atoms with Gasteiger partial charge in [-0.25, -0.2) is 0 Å². The van der Waals surface area contributed by atoms with Crippen LogP contribution in [0.3, 0.4) is 0 Å². The summed E-state index contributed by atoms with van der Waals surface area (Å²) in [5.41, 5.74) is 4.80. The average Bonchev–Trinajstić information content (AvgIpc) is 3.12. The molecule has 1 unspecified atom stereocenters. The summed E-state index contributed by atoms with van der Waals surface area (Å²) in [6, 6.07) is 4.78. The molecule has 0 saturated carbocycles. The number of rotatable bonds is 2. The zero-order chi connectivity index (χ0) is 15.1. The zero-order valence-electron chi connectivity index (χ0n) is 13.0. The van der Waals surface area contributed by atoms with E-state index in [0.717, 1.165) is 49.0 Å². The summed E-state index contributed by atoms with van der Waals surface area (Å²) in [6.45, 7) is 4.60. The standard InChI is InChI=1S/C18H22N2O2/c1-12-10-20(6-5-19-12)18(21)9-15-11-22-17-8-14-4-2-3-13(14)7-16(15)17/h7-8,11-12,19H,2-6,9-10H2,1H3. The molecule has 1 aromatic heterocycles. The second-order valence-electron chi connectivity index (χ2n) is 6.60. The fourth-order valence-corrected chi connectivity index (χ4v) is 3.72. The Morgan fingerprint density at radius 1 is 1.36 bits per heavy atom. The molecule has 116 valence electrons. The summed E-state index contributed by atoms with van der Waals surface area (Å²) in [7, 11) is 0. The maximum atomic E-state index is 12.5. The number of benzene rings is 1. The quantitative estimate of drug-likeness (QED) is 0.925. The Balaban J connectivity index is 1.57. The van der Waals surface area contributed by atoms with Gasteiger partial charge < -0.3 is 14.6 Å². The second kappa shape index (κ2) is 5.43. The molecule has 1 aromatic carbocycles. The van der Waals surface area contributed by atoms with Crippen molar-refractivity contribution in [2.75, 3.05) is 19.6 Å². The highest BCUT2D eigenvalue weighted by Crippen LogP contribution is 2.30. The van der Waals surface area contributed by atoms with E-state index in [9.17, 15) is 4.79 Å². The van der Waals surface area contributed by atoms with Gasteiger partial charge in [0.2, 0.25) is 5.91 Å². The number of fused-ring (bicyclic) bond motifs is 2. The van der Waals surface area contributed by atoms with Gasteiger partial charge in [0.05, 0.1) is 12.7 Å². The molecule has 1 N–H and O–H groups in total. The molecule has 2 aromatic rings. The van der Waals surface area contributed by atoms with Crippen molar-refractivity contribution >= 4 is 16.9 Å². The Labute approximate surface area is 130 Å². The van der Waals surface area contributed by atoms with Gasteiger partial charge in [-0.3, -0.25) is 4.79 Å². The maximum Gasteiger partial charge on any atom is 0.227 e. The van der Waals surface area contributed by atoms with Crippen LogP contribution >= 0.6 is 0 Å². The zero-order valence-corrected chi connectivity index (χ0v) is 13.0. The minimum absolute atomic E-state index is 0.205. The monoisotopic (exact) mass is 298 g/mol. The van der Waals surface area contributed by atoms with Gasteiger partial charge in [0.15, 0.2) is 0 Å². The normalized spacial score (nSPS) is 21.3. The Bertz CT molecular complexity index is 719. The van der Waals surface area contributed by atoms with Crippen LogP contribution in [0.15, 0.2) is 22.8 Å². The number of carbonyl (C=O) groups is 1. The third-order valence-corrected chi connectivity index (χ3v) is 4.93. The van der Waals surface area contributed by atoms with E-state index in [-0.39, 0.29) is 5.91 Å². The first-order chi connectivity index (χ1) is 10.7. The number of nitrogens with zero attached hydrogens (tertiary/aromatic N) is 1. The van der Waals surface area contributed by atoms with Gasteiger partial charge in [0.1, 0.15) is 5.58 Å². The van der Waals surface area contributed by atoms with E-state index in [1.165, 1.54) is 17.5 Å². The van der Waals surface area contributed by atoms with Gasteiger partial charge in [-0.15, -0.1) is 0 Å². The molecular weight excluding hydrogens is 276 g/mol. The number of nitrogens with one attached hydrogen (secondary N) is 1. The molecule has 0 radical (unpaired) electrons. The van der Waals surface area contributed by atoms with Gasteiger partial charge in [-0.1, -0.05) is 0 Å². The number of hydrogen-bond acceptors (Lipinski definition) is 3. The van der Waals surface area contributed by atoms with Crippen molar-refractivity contribution in [2.24, 2.45) is 0 Å². The number of furan rings is 1. The molecule has 22 heavy (non-hydrogen) atoms. The first kappa shape index (κ1) is 13.8. The lowest BCUT2D eigenvalue weighted by molar-refractivity contribution is -0.131. The number of carbonyl (C=O) groups excluding carboxylic acids is 1. The number of piperazine rings is 1. The van der Waals surface area contributed by atoms with Crippen LogP contribution in [0, 0.1) is 0 Å². The Morgan fingerprint density at radius 3 is 3.00 bits per heavy atom. The molecule has 1 fully saturated rings. The smallest absolute Gasteiger partial charge is 0.227 e. The van der Waals surface area contributed by atoms with Crippen LogP contribution in [-0.4, -0.2) is 36.5 Å². The first-order valence-corrected chi connectivity index (χ1v) is 8.24. The average molecular weight is 298 g/mol. The summed E-state index contributed by atoms with van der Waals surface area (Å²) in [4.78, 5) is 14.5. The van der Waals surface area contributed by atoms with Crippen LogP contribution < -0.4 is 5.32 Å². The van der Waals surface area contributed by atoms with E-state index in [1.54, 1.807) is 6.26 Å². The first-order valence-electron chi connectivity index (χ1n) is 8.24. The van der Waals surface area contributed by atoms with Crippen molar-refractivity contribution in [3.05, 3.63) is 35.1 Å². The predicted octanol–water partition coefficient (Wildman–Crippen LogP) is 2.28. The molecule has 2 aliphatic rings. The predicted molar refractivity (Wildman–Crippen MR) is 86.0 cm³/mol. The number of aryl methyl sites for hydroxylation is 2. The molecule has 1 aliphatic carbocycles. The van der Waals surface area contributed by atoms with E-state index in [4.69, 9.17) is 4.42 Å². The summed E-state index contributed by atoms with van der Waals surface area (Å²) in [6.07, 6.45) is 5.74. The topological polar surface area (TPSA) is 45.5 Å². The summed E-state index contributed by atoms with van der Waals surface area (Å²) in [5.74, 6) is 0.205. The Kier molecular flexibility index (Phi) is 3.41. The molecule has 0 spiro atoms. The van der Waals surface area contributed by atoms with Crippen molar-refractivity contribution in [1.29, 1.82) is 0 Å². The summed E-state index contributed by atoms with van der Waals surface area (Å²) in [5, 5.41) is 4.49. The molecule has 4 heteroatoms. The van der Waals surface area contributed by atoms with Gasteiger partial charge in [0, 0.05) is 36.6 Å². The highest BCUT2D eigenvalue weighted by atomic mass is 16.3. The third kappa shape index (κ3) is 2.41. The van der Waals surface area contributed by atoms with E-state index in [0.29, 0.717) is 12.5 Å².